The number of hydrogen-bond acceptors (Lipinski definition) is 6. The van der Waals surface area contributed by atoms with E-state index in [9.17, 15) is 4.79 Å². The van der Waals surface area contributed by atoms with Gasteiger partial charge in [-0.2, -0.15) is 0 Å². The highest BCUT2D eigenvalue weighted by Gasteiger charge is 2.22. The number of carbonyl (C=O) groups is 1. The molecule has 0 fully saturated rings. The third-order valence-electron chi connectivity index (χ3n) is 2.15. The molecule has 0 unspecified atom stereocenters. The number of thiazole rings is 1. The maximum absolute atomic E-state index is 11.7. The smallest absolute Gasteiger partial charge is 0.361 e. The third-order valence-corrected chi connectivity index (χ3v) is 3.22. The van der Waals surface area contributed by atoms with Crippen molar-refractivity contribution in [2.45, 2.75) is 20.8 Å². The molecule has 5 nitrogen and oxygen atoms in total. The van der Waals surface area contributed by atoms with Gasteiger partial charge in [-0.3, -0.25) is 0 Å². The number of carbonyl (C=O) groups excluding carboxylic acids is 1. The Morgan fingerprint density at radius 1 is 1.53 bits per heavy atom. The second-order valence-electron chi connectivity index (χ2n) is 3.40. The minimum absolute atomic E-state index is 0.207. The fourth-order valence-electron chi connectivity index (χ4n) is 1.49. The molecule has 0 aromatic carbocycles. The molecule has 6 heteroatoms. The first-order chi connectivity index (χ1) is 8.13. The number of esters is 1. The Morgan fingerprint density at radius 2 is 2.29 bits per heavy atom. The monoisotopic (exact) mass is 252 g/mol. The maximum Gasteiger partial charge on any atom is 0.361 e. The average molecular weight is 252 g/mol. The van der Waals surface area contributed by atoms with E-state index in [2.05, 4.69) is 9.97 Å². The van der Waals surface area contributed by atoms with Gasteiger partial charge in [-0.1, -0.05) is 0 Å². The lowest BCUT2D eigenvalue weighted by atomic mass is 10.2. The molecule has 2 rings (SSSR count). The van der Waals surface area contributed by atoms with Crippen molar-refractivity contribution in [2.75, 3.05) is 6.61 Å². The highest BCUT2D eigenvalue weighted by molar-refractivity contribution is 7.15. The van der Waals surface area contributed by atoms with Gasteiger partial charge in [0.05, 0.1) is 22.2 Å². The Kier molecular flexibility index (Phi) is 3.23. The highest BCUT2D eigenvalue weighted by atomic mass is 32.1. The first-order valence-corrected chi connectivity index (χ1v) is 6.00. The van der Waals surface area contributed by atoms with E-state index in [1.165, 1.54) is 17.7 Å². The molecule has 0 aliphatic carbocycles. The summed E-state index contributed by atoms with van der Waals surface area (Å²) in [6, 6.07) is 0. The van der Waals surface area contributed by atoms with Crippen molar-refractivity contribution in [3.8, 4) is 10.6 Å². The molecule has 0 saturated heterocycles. The van der Waals surface area contributed by atoms with Gasteiger partial charge in [-0.25, -0.2) is 14.8 Å². The van der Waals surface area contributed by atoms with Crippen LogP contribution in [-0.4, -0.2) is 22.5 Å². The molecule has 0 spiro atoms. The molecule has 2 heterocycles. The standard InChI is InChI=1S/C11H12N2O3S/c1-4-15-11(14)8-9(16-5-12-8)10-6(2)13-7(3)17-10/h5H,4H2,1-3H3. The van der Waals surface area contributed by atoms with Crippen LogP contribution in [0.3, 0.4) is 0 Å². The quantitative estimate of drug-likeness (QED) is 0.785. The number of aromatic nitrogens is 2. The average Bonchev–Trinajstić information content (AvgIpc) is 2.84. The minimum Gasteiger partial charge on any atom is -0.461 e. The van der Waals surface area contributed by atoms with Crippen LogP contribution in [0, 0.1) is 13.8 Å². The van der Waals surface area contributed by atoms with Crippen molar-refractivity contribution in [3.05, 3.63) is 22.8 Å². The zero-order valence-corrected chi connectivity index (χ0v) is 10.6. The van der Waals surface area contributed by atoms with E-state index in [0.29, 0.717) is 12.4 Å². The topological polar surface area (TPSA) is 65.2 Å². The van der Waals surface area contributed by atoms with Crippen LogP contribution in [0.5, 0.6) is 0 Å². The number of ether oxygens (including phenoxy) is 1. The largest absolute Gasteiger partial charge is 0.461 e. The van der Waals surface area contributed by atoms with Gasteiger partial charge in [-0.05, 0) is 20.8 Å². The lowest BCUT2D eigenvalue weighted by molar-refractivity contribution is 0.0520. The predicted molar refractivity (Wildman–Crippen MR) is 63.0 cm³/mol. The summed E-state index contributed by atoms with van der Waals surface area (Å²) in [5.74, 6) is -0.0340. The summed E-state index contributed by atoms with van der Waals surface area (Å²) >= 11 is 1.47. The number of hydrogen-bond donors (Lipinski definition) is 0. The lowest BCUT2D eigenvalue weighted by Gasteiger charge is -1.99. The van der Waals surface area contributed by atoms with Gasteiger partial charge < -0.3 is 9.15 Å². The molecule has 90 valence electrons. The van der Waals surface area contributed by atoms with Crippen molar-refractivity contribution >= 4 is 17.3 Å². The van der Waals surface area contributed by atoms with Crippen molar-refractivity contribution in [1.82, 2.24) is 9.97 Å². The van der Waals surface area contributed by atoms with Crippen LogP contribution in [0.15, 0.2) is 10.8 Å². The Morgan fingerprint density at radius 3 is 2.88 bits per heavy atom. The van der Waals surface area contributed by atoms with E-state index in [1.54, 1.807) is 6.92 Å². The molecule has 0 saturated carbocycles. The first-order valence-electron chi connectivity index (χ1n) is 5.18. The van der Waals surface area contributed by atoms with Gasteiger partial charge in [-0.15, -0.1) is 11.3 Å². The van der Waals surface area contributed by atoms with Gasteiger partial charge in [0, 0.05) is 0 Å². The van der Waals surface area contributed by atoms with E-state index < -0.39 is 5.97 Å². The second-order valence-corrected chi connectivity index (χ2v) is 4.60. The number of oxazole rings is 1. The van der Waals surface area contributed by atoms with Crippen LogP contribution >= 0.6 is 11.3 Å². The van der Waals surface area contributed by atoms with Crippen molar-refractivity contribution in [1.29, 1.82) is 0 Å². The molecule has 0 bridgehead atoms. The molecular formula is C11H12N2O3S. The molecule has 0 aliphatic heterocycles. The fourth-order valence-corrected chi connectivity index (χ4v) is 2.40. The molecule has 0 amide bonds. The van der Waals surface area contributed by atoms with Crippen LogP contribution in [0.1, 0.15) is 28.1 Å². The van der Waals surface area contributed by atoms with Crippen LogP contribution < -0.4 is 0 Å². The van der Waals surface area contributed by atoms with E-state index in [-0.39, 0.29) is 5.69 Å². The number of rotatable bonds is 3. The molecule has 0 radical (unpaired) electrons. The van der Waals surface area contributed by atoms with Gasteiger partial charge in [0.25, 0.3) is 0 Å². The lowest BCUT2D eigenvalue weighted by Crippen LogP contribution is -2.06. The third kappa shape index (κ3) is 2.21. The van der Waals surface area contributed by atoms with Gasteiger partial charge in [0.15, 0.2) is 17.8 Å². The molecule has 0 aliphatic rings. The molecular weight excluding hydrogens is 240 g/mol. The van der Waals surface area contributed by atoms with Crippen LogP contribution in [0.2, 0.25) is 0 Å². The summed E-state index contributed by atoms with van der Waals surface area (Å²) in [5.41, 5.74) is 1.04. The van der Waals surface area contributed by atoms with Gasteiger partial charge in [0.1, 0.15) is 0 Å². The summed E-state index contributed by atoms with van der Waals surface area (Å²) in [4.78, 5) is 20.7. The number of aryl methyl sites for hydroxylation is 2. The summed E-state index contributed by atoms with van der Waals surface area (Å²) in [6.45, 7) is 5.84. The zero-order valence-electron chi connectivity index (χ0n) is 9.81. The maximum atomic E-state index is 11.7. The van der Waals surface area contributed by atoms with E-state index in [0.717, 1.165) is 15.6 Å². The van der Waals surface area contributed by atoms with Crippen LogP contribution in [-0.2, 0) is 4.74 Å². The van der Waals surface area contributed by atoms with Crippen LogP contribution in [0.25, 0.3) is 10.6 Å². The second kappa shape index (κ2) is 4.67. The summed E-state index contributed by atoms with van der Waals surface area (Å²) in [5, 5.41) is 0.920. The Hall–Kier alpha value is -1.69. The van der Waals surface area contributed by atoms with Crippen molar-refractivity contribution in [3.63, 3.8) is 0 Å². The SMILES string of the molecule is CCOC(=O)c1ncoc1-c1sc(C)nc1C. The Bertz CT molecular complexity index is 545. The normalized spacial score (nSPS) is 10.5. The Balaban J connectivity index is 2.43. The first kappa shape index (κ1) is 11.8. The summed E-state index contributed by atoms with van der Waals surface area (Å²) in [6.07, 6.45) is 1.25. The van der Waals surface area contributed by atoms with Crippen LogP contribution in [0.4, 0.5) is 0 Å². The van der Waals surface area contributed by atoms with Crippen molar-refractivity contribution < 1.29 is 13.9 Å². The molecule has 17 heavy (non-hydrogen) atoms. The molecule has 2 aromatic heterocycles. The highest BCUT2D eigenvalue weighted by Crippen LogP contribution is 2.32. The van der Waals surface area contributed by atoms with E-state index in [1.807, 2.05) is 13.8 Å². The fraction of sp³-hybridized carbons (Fsp3) is 0.364. The Labute approximate surface area is 102 Å². The van der Waals surface area contributed by atoms with Gasteiger partial charge >= 0.3 is 5.97 Å². The zero-order chi connectivity index (χ0) is 12.4. The molecule has 2 aromatic rings. The predicted octanol–water partition coefficient (Wildman–Crippen LogP) is 2.59. The molecule has 0 atom stereocenters. The molecule has 0 N–H and O–H groups in total. The van der Waals surface area contributed by atoms with E-state index in [4.69, 9.17) is 9.15 Å². The minimum atomic E-state index is -0.471. The number of nitrogens with zero attached hydrogens (tertiary/aromatic N) is 2. The summed E-state index contributed by atoms with van der Waals surface area (Å²) < 4.78 is 10.2. The van der Waals surface area contributed by atoms with Gasteiger partial charge in [0.2, 0.25) is 0 Å². The van der Waals surface area contributed by atoms with E-state index >= 15 is 0 Å². The van der Waals surface area contributed by atoms with Crippen molar-refractivity contribution in [2.24, 2.45) is 0 Å². The summed E-state index contributed by atoms with van der Waals surface area (Å²) in [7, 11) is 0.